The highest BCUT2D eigenvalue weighted by Gasteiger charge is 2.20. The van der Waals surface area contributed by atoms with Gasteiger partial charge >= 0.3 is 0 Å². The Morgan fingerprint density at radius 3 is 3.18 bits per heavy atom. The van der Waals surface area contributed by atoms with Crippen molar-refractivity contribution in [3.63, 3.8) is 0 Å². The maximum Gasteiger partial charge on any atom is 0.149 e. The molecular weight excluding hydrogens is 216 g/mol. The van der Waals surface area contributed by atoms with Crippen LogP contribution < -0.4 is 10.2 Å². The van der Waals surface area contributed by atoms with E-state index in [1.165, 1.54) is 6.42 Å². The Balaban J connectivity index is 2.05. The molecular formula is C12H20N4O. The van der Waals surface area contributed by atoms with E-state index in [0.717, 1.165) is 37.6 Å². The van der Waals surface area contributed by atoms with Gasteiger partial charge in [0, 0.05) is 26.7 Å². The van der Waals surface area contributed by atoms with Crippen LogP contribution in [0.3, 0.4) is 0 Å². The molecule has 0 spiro atoms. The predicted molar refractivity (Wildman–Crippen MR) is 68.2 cm³/mol. The van der Waals surface area contributed by atoms with Crippen LogP contribution in [0.2, 0.25) is 0 Å². The van der Waals surface area contributed by atoms with Gasteiger partial charge in [0.25, 0.3) is 0 Å². The zero-order valence-corrected chi connectivity index (χ0v) is 10.3. The summed E-state index contributed by atoms with van der Waals surface area (Å²) < 4.78 is 0. The number of aliphatic hydroxyl groups excluding tert-OH is 1. The molecule has 2 rings (SSSR count). The first-order chi connectivity index (χ1) is 8.33. The second-order valence-corrected chi connectivity index (χ2v) is 4.48. The minimum atomic E-state index is 0.279. The summed E-state index contributed by atoms with van der Waals surface area (Å²) in [6.45, 7) is 2.28. The number of aromatic nitrogens is 2. The minimum absolute atomic E-state index is 0.279. The van der Waals surface area contributed by atoms with Crippen molar-refractivity contribution in [2.24, 2.45) is 5.92 Å². The van der Waals surface area contributed by atoms with Gasteiger partial charge in [-0.05, 0) is 25.2 Å². The molecule has 17 heavy (non-hydrogen) atoms. The van der Waals surface area contributed by atoms with Gasteiger partial charge in [-0.2, -0.15) is 0 Å². The third-order valence-corrected chi connectivity index (χ3v) is 3.26. The van der Waals surface area contributed by atoms with Gasteiger partial charge in [-0.1, -0.05) is 0 Å². The monoisotopic (exact) mass is 236 g/mol. The number of anilines is 2. The van der Waals surface area contributed by atoms with Crippen molar-refractivity contribution >= 4 is 11.6 Å². The van der Waals surface area contributed by atoms with Crippen molar-refractivity contribution in [2.45, 2.75) is 19.3 Å². The number of piperidine rings is 1. The van der Waals surface area contributed by atoms with E-state index in [2.05, 4.69) is 20.2 Å². The van der Waals surface area contributed by atoms with Gasteiger partial charge in [0.1, 0.15) is 11.6 Å². The summed E-state index contributed by atoms with van der Waals surface area (Å²) in [6.07, 6.45) is 6.78. The maximum atomic E-state index is 9.00. The predicted octanol–water partition coefficient (Wildman–Crippen LogP) is 1.12. The van der Waals surface area contributed by atoms with Gasteiger partial charge in [0.2, 0.25) is 0 Å². The number of aliphatic hydroxyl groups is 1. The van der Waals surface area contributed by atoms with Crippen LogP contribution in [0.1, 0.15) is 19.3 Å². The molecule has 2 N–H and O–H groups in total. The lowest BCUT2D eigenvalue weighted by atomic mass is 9.95. The van der Waals surface area contributed by atoms with Crippen LogP contribution in [0, 0.1) is 5.92 Å². The van der Waals surface area contributed by atoms with Crippen LogP contribution in [-0.4, -0.2) is 41.8 Å². The van der Waals surface area contributed by atoms with Crippen molar-refractivity contribution in [1.29, 1.82) is 0 Å². The molecule has 2 heterocycles. The minimum Gasteiger partial charge on any atom is -0.396 e. The zero-order valence-electron chi connectivity index (χ0n) is 10.3. The molecule has 0 bridgehead atoms. The summed E-state index contributed by atoms with van der Waals surface area (Å²) in [6, 6.07) is 0. The van der Waals surface area contributed by atoms with Gasteiger partial charge in [-0.25, -0.2) is 4.98 Å². The number of rotatable bonds is 4. The third kappa shape index (κ3) is 3.06. The first-order valence-corrected chi connectivity index (χ1v) is 6.19. The first kappa shape index (κ1) is 12.1. The average molecular weight is 236 g/mol. The molecule has 1 unspecified atom stereocenters. The van der Waals surface area contributed by atoms with Crippen LogP contribution >= 0.6 is 0 Å². The van der Waals surface area contributed by atoms with E-state index in [1.807, 2.05) is 13.2 Å². The molecule has 1 fully saturated rings. The second kappa shape index (κ2) is 5.82. The molecule has 5 nitrogen and oxygen atoms in total. The molecule has 1 aliphatic heterocycles. The molecule has 1 atom stereocenters. The van der Waals surface area contributed by atoms with Crippen LogP contribution in [0.4, 0.5) is 11.6 Å². The molecule has 5 heteroatoms. The largest absolute Gasteiger partial charge is 0.396 e. The maximum absolute atomic E-state index is 9.00. The molecule has 1 saturated heterocycles. The van der Waals surface area contributed by atoms with Gasteiger partial charge < -0.3 is 15.3 Å². The lowest BCUT2D eigenvalue weighted by Gasteiger charge is -2.33. The van der Waals surface area contributed by atoms with Crippen LogP contribution in [0.5, 0.6) is 0 Å². The van der Waals surface area contributed by atoms with Gasteiger partial charge in [0.15, 0.2) is 0 Å². The lowest BCUT2D eigenvalue weighted by Crippen LogP contribution is -2.36. The average Bonchev–Trinajstić information content (AvgIpc) is 2.40. The van der Waals surface area contributed by atoms with E-state index in [4.69, 9.17) is 5.11 Å². The Hall–Kier alpha value is -1.36. The van der Waals surface area contributed by atoms with Crippen molar-refractivity contribution in [2.75, 3.05) is 37.0 Å². The van der Waals surface area contributed by atoms with Crippen molar-refractivity contribution in [3.05, 3.63) is 12.4 Å². The summed E-state index contributed by atoms with van der Waals surface area (Å²) in [5.41, 5.74) is 0. The van der Waals surface area contributed by atoms with E-state index in [1.54, 1.807) is 6.20 Å². The third-order valence-electron chi connectivity index (χ3n) is 3.26. The molecule has 1 aliphatic rings. The van der Waals surface area contributed by atoms with E-state index in [-0.39, 0.29) is 6.61 Å². The SMILES string of the molecule is CNc1cncc(N2CCCC(CCO)C2)n1. The molecule has 1 aromatic heterocycles. The topological polar surface area (TPSA) is 61.3 Å². The van der Waals surface area contributed by atoms with Gasteiger partial charge in [-0.15, -0.1) is 0 Å². The first-order valence-electron chi connectivity index (χ1n) is 6.19. The van der Waals surface area contributed by atoms with Crippen molar-refractivity contribution in [3.8, 4) is 0 Å². The smallest absolute Gasteiger partial charge is 0.149 e. The van der Waals surface area contributed by atoms with Gasteiger partial charge in [0.05, 0.1) is 12.4 Å². The summed E-state index contributed by atoms with van der Waals surface area (Å²) in [4.78, 5) is 10.9. The fourth-order valence-corrected chi connectivity index (χ4v) is 2.32. The van der Waals surface area contributed by atoms with Gasteiger partial charge in [-0.3, -0.25) is 4.98 Å². The van der Waals surface area contributed by atoms with Crippen LogP contribution in [0.15, 0.2) is 12.4 Å². The zero-order chi connectivity index (χ0) is 12.1. The summed E-state index contributed by atoms with van der Waals surface area (Å²) >= 11 is 0. The number of hydrogen-bond donors (Lipinski definition) is 2. The fourth-order valence-electron chi connectivity index (χ4n) is 2.32. The molecule has 0 radical (unpaired) electrons. The van der Waals surface area contributed by atoms with E-state index in [9.17, 15) is 0 Å². The summed E-state index contributed by atoms with van der Waals surface area (Å²) in [7, 11) is 1.85. The normalized spacial score (nSPS) is 20.4. The Kier molecular flexibility index (Phi) is 4.14. The molecule has 94 valence electrons. The van der Waals surface area contributed by atoms with Crippen molar-refractivity contribution in [1.82, 2.24) is 9.97 Å². The molecule has 0 saturated carbocycles. The highest BCUT2D eigenvalue weighted by Crippen LogP contribution is 2.23. The standard InChI is InChI=1S/C12H20N4O/c1-13-11-7-14-8-12(15-11)16-5-2-3-10(9-16)4-6-17/h7-8,10,17H,2-6,9H2,1H3,(H,13,15). The van der Waals surface area contributed by atoms with E-state index >= 15 is 0 Å². The fraction of sp³-hybridized carbons (Fsp3) is 0.667. The van der Waals surface area contributed by atoms with Crippen LogP contribution in [0.25, 0.3) is 0 Å². The van der Waals surface area contributed by atoms with E-state index < -0.39 is 0 Å². The highest BCUT2D eigenvalue weighted by atomic mass is 16.3. The van der Waals surface area contributed by atoms with E-state index in [0.29, 0.717) is 5.92 Å². The Morgan fingerprint density at radius 2 is 2.41 bits per heavy atom. The summed E-state index contributed by atoms with van der Waals surface area (Å²) in [5.74, 6) is 2.31. The molecule has 0 amide bonds. The number of hydrogen-bond acceptors (Lipinski definition) is 5. The Labute approximate surface area is 102 Å². The lowest BCUT2D eigenvalue weighted by molar-refractivity contribution is 0.244. The van der Waals surface area contributed by atoms with Crippen LogP contribution in [-0.2, 0) is 0 Å². The highest BCUT2D eigenvalue weighted by molar-refractivity contribution is 5.43. The molecule has 0 aromatic carbocycles. The summed E-state index contributed by atoms with van der Waals surface area (Å²) in [5, 5.41) is 12.0. The Bertz CT molecular complexity index is 356. The second-order valence-electron chi connectivity index (χ2n) is 4.48. The van der Waals surface area contributed by atoms with Crippen molar-refractivity contribution < 1.29 is 5.11 Å². The molecule has 0 aliphatic carbocycles. The number of nitrogens with zero attached hydrogens (tertiary/aromatic N) is 3. The Morgan fingerprint density at radius 1 is 1.53 bits per heavy atom. The molecule has 1 aromatic rings. The quantitative estimate of drug-likeness (QED) is 0.820. The number of nitrogens with one attached hydrogen (secondary N) is 1.